The molecule has 1 amide bonds. The quantitative estimate of drug-likeness (QED) is 0.356. The smallest absolute Gasteiger partial charge is 0.317 e. The molecule has 0 radical (unpaired) electrons. The van der Waals surface area contributed by atoms with E-state index in [4.69, 9.17) is 14.1 Å². The normalized spacial score (nSPS) is 15.0. The van der Waals surface area contributed by atoms with Gasteiger partial charge in [-0.1, -0.05) is 59.7 Å². The van der Waals surface area contributed by atoms with Crippen LogP contribution in [-0.2, 0) is 16.1 Å². The van der Waals surface area contributed by atoms with E-state index in [2.05, 4.69) is 25.8 Å². The second-order valence-electron chi connectivity index (χ2n) is 8.48. The number of aromatic nitrogens is 3. The van der Waals surface area contributed by atoms with Crippen LogP contribution in [0.2, 0.25) is 0 Å². The van der Waals surface area contributed by atoms with E-state index in [1.807, 2.05) is 78.9 Å². The van der Waals surface area contributed by atoms with E-state index >= 15 is 0 Å². The van der Waals surface area contributed by atoms with Gasteiger partial charge in [0.25, 0.3) is 5.91 Å². The summed E-state index contributed by atoms with van der Waals surface area (Å²) in [5, 5.41) is 15.2. The lowest BCUT2D eigenvalue weighted by molar-refractivity contribution is -0.116. The molecule has 1 atom stereocenters. The van der Waals surface area contributed by atoms with Crippen molar-refractivity contribution >= 4 is 34.2 Å². The van der Waals surface area contributed by atoms with Gasteiger partial charge in [0.05, 0.1) is 23.5 Å². The first-order chi connectivity index (χ1) is 18.2. The number of hydrogen-bond donors (Lipinski definition) is 2. The molecule has 0 spiro atoms. The molecule has 3 heterocycles. The Morgan fingerprint density at radius 3 is 2.68 bits per heavy atom. The zero-order chi connectivity index (χ0) is 25.2. The second-order valence-corrected chi connectivity index (χ2v) is 8.48. The Bertz CT molecular complexity index is 1630. The minimum atomic E-state index is -0.988. The molecule has 182 valence electrons. The van der Waals surface area contributed by atoms with Crippen molar-refractivity contribution in [2.75, 3.05) is 17.7 Å². The molecule has 6 rings (SSSR count). The van der Waals surface area contributed by atoms with E-state index in [0.29, 0.717) is 23.9 Å². The van der Waals surface area contributed by atoms with Crippen molar-refractivity contribution in [1.29, 1.82) is 0 Å². The Labute approximate surface area is 212 Å². The predicted octanol–water partition coefficient (Wildman–Crippen LogP) is 4.66. The Morgan fingerprint density at radius 2 is 1.81 bits per heavy atom. The van der Waals surface area contributed by atoms with Gasteiger partial charge in [0.2, 0.25) is 12.1 Å². The number of rotatable bonds is 6. The second kappa shape index (κ2) is 9.63. The fraction of sp³-hybridized carbons (Fsp3) is 0.107. The summed E-state index contributed by atoms with van der Waals surface area (Å²) in [4.78, 5) is 22.3. The predicted molar refractivity (Wildman–Crippen MR) is 140 cm³/mol. The number of para-hydroxylation sites is 1. The fourth-order valence-corrected chi connectivity index (χ4v) is 4.32. The van der Waals surface area contributed by atoms with Gasteiger partial charge in [-0.05, 0) is 29.8 Å². The highest BCUT2D eigenvalue weighted by molar-refractivity contribution is 6.19. The summed E-state index contributed by atoms with van der Waals surface area (Å²) in [7, 11) is 1.65. The van der Waals surface area contributed by atoms with Crippen LogP contribution >= 0.6 is 0 Å². The van der Waals surface area contributed by atoms with Crippen molar-refractivity contribution in [1.82, 2.24) is 15.2 Å². The zero-order valence-corrected chi connectivity index (χ0v) is 19.9. The fourth-order valence-electron chi connectivity index (χ4n) is 4.32. The highest BCUT2D eigenvalue weighted by Crippen LogP contribution is 2.29. The van der Waals surface area contributed by atoms with Crippen LogP contribution in [0.4, 0.5) is 11.7 Å². The Kier molecular flexibility index (Phi) is 5.88. The number of carbonyl (C=O) groups is 1. The summed E-state index contributed by atoms with van der Waals surface area (Å²) in [6.07, 6.45) is 0.704. The molecule has 9 heteroatoms. The average molecular weight is 491 g/mol. The molecular weight excluding hydrogens is 468 g/mol. The summed E-state index contributed by atoms with van der Waals surface area (Å²) in [5.41, 5.74) is 5.60. The minimum absolute atomic E-state index is 0.0790. The van der Waals surface area contributed by atoms with Gasteiger partial charge >= 0.3 is 6.01 Å². The third kappa shape index (κ3) is 4.43. The van der Waals surface area contributed by atoms with Gasteiger partial charge in [0, 0.05) is 35.4 Å². The lowest BCUT2D eigenvalue weighted by Crippen LogP contribution is -2.32. The highest BCUT2D eigenvalue weighted by Gasteiger charge is 2.27. The monoisotopic (exact) mass is 490 g/mol. The first kappa shape index (κ1) is 22.6. The average Bonchev–Trinajstić information content (AvgIpc) is 3.34. The number of benzodiazepines with no additional fused rings is 1. The van der Waals surface area contributed by atoms with Gasteiger partial charge in [-0.25, -0.2) is 4.99 Å². The van der Waals surface area contributed by atoms with E-state index in [9.17, 15) is 4.79 Å². The number of anilines is 2. The van der Waals surface area contributed by atoms with Crippen LogP contribution in [0.5, 0.6) is 0 Å². The van der Waals surface area contributed by atoms with Crippen molar-refractivity contribution in [2.45, 2.75) is 12.8 Å². The van der Waals surface area contributed by atoms with Crippen LogP contribution in [0, 0.1) is 0 Å². The maximum atomic E-state index is 13.1. The SMILES string of the molecule is COCc1ccc2nccc(-c3nnc(N[C@H]4N=C(c5ccccc5)c5ccccc5NC4=O)o3)c2c1. The maximum Gasteiger partial charge on any atom is 0.317 e. The number of ether oxygens (including phenoxy) is 1. The number of pyridine rings is 1. The largest absolute Gasteiger partial charge is 0.403 e. The minimum Gasteiger partial charge on any atom is -0.403 e. The number of hydrogen-bond acceptors (Lipinski definition) is 8. The Hall–Kier alpha value is -4.89. The van der Waals surface area contributed by atoms with Crippen LogP contribution in [0.15, 0.2) is 94.5 Å². The lowest BCUT2D eigenvalue weighted by Gasteiger charge is -2.11. The van der Waals surface area contributed by atoms with E-state index in [0.717, 1.165) is 33.2 Å². The number of methoxy groups -OCH3 is 1. The molecule has 1 aliphatic heterocycles. The molecule has 0 unspecified atom stereocenters. The van der Waals surface area contributed by atoms with Crippen molar-refractivity contribution in [3.63, 3.8) is 0 Å². The third-order valence-electron chi connectivity index (χ3n) is 6.03. The topological polar surface area (TPSA) is 115 Å². The van der Waals surface area contributed by atoms with E-state index < -0.39 is 6.17 Å². The number of benzene rings is 3. The van der Waals surface area contributed by atoms with Crippen LogP contribution in [0.1, 0.15) is 16.7 Å². The molecule has 5 aromatic rings. The number of amides is 1. The molecule has 1 aliphatic rings. The summed E-state index contributed by atoms with van der Waals surface area (Å²) in [6.45, 7) is 0.474. The summed E-state index contributed by atoms with van der Waals surface area (Å²) >= 11 is 0. The van der Waals surface area contributed by atoms with Crippen LogP contribution in [0.25, 0.3) is 22.4 Å². The molecule has 9 nitrogen and oxygen atoms in total. The number of fused-ring (bicyclic) bond motifs is 2. The third-order valence-corrected chi connectivity index (χ3v) is 6.03. The standard InChI is InChI=1S/C28H22N6O3/c1-36-16-17-11-12-22-21(15-17)19(13-14-29-22)27-33-34-28(37-27)32-25-26(35)30-23-10-6-5-9-20(23)24(31-25)18-7-3-2-4-8-18/h2-15,25H,16H2,1H3,(H,30,35)(H,32,34)/t25-/m1/s1. The van der Waals surface area contributed by atoms with Crippen molar-refractivity contribution in [3.8, 4) is 11.5 Å². The first-order valence-electron chi connectivity index (χ1n) is 11.7. The zero-order valence-electron chi connectivity index (χ0n) is 19.9. The van der Waals surface area contributed by atoms with Crippen LogP contribution in [0.3, 0.4) is 0 Å². The molecule has 0 aliphatic carbocycles. The van der Waals surface area contributed by atoms with Gasteiger partial charge in [-0.2, -0.15) is 0 Å². The van der Waals surface area contributed by atoms with Crippen molar-refractivity contribution in [3.05, 3.63) is 102 Å². The van der Waals surface area contributed by atoms with Crippen molar-refractivity contribution in [2.24, 2.45) is 4.99 Å². The number of nitrogens with one attached hydrogen (secondary N) is 2. The van der Waals surface area contributed by atoms with E-state index in [-0.39, 0.29) is 11.9 Å². The number of aliphatic imine (C=N–C) groups is 1. The number of nitrogens with zero attached hydrogens (tertiary/aromatic N) is 4. The molecule has 0 saturated carbocycles. The molecule has 2 aromatic heterocycles. The molecule has 0 fully saturated rings. The van der Waals surface area contributed by atoms with Gasteiger partial charge in [0.15, 0.2) is 0 Å². The highest BCUT2D eigenvalue weighted by atomic mass is 16.5. The van der Waals surface area contributed by atoms with Gasteiger partial charge in [-0.3, -0.25) is 9.78 Å². The van der Waals surface area contributed by atoms with Gasteiger partial charge in [-0.15, -0.1) is 5.10 Å². The molecule has 37 heavy (non-hydrogen) atoms. The van der Waals surface area contributed by atoms with Crippen LogP contribution in [-0.4, -0.2) is 40.1 Å². The van der Waals surface area contributed by atoms with Gasteiger partial charge < -0.3 is 19.8 Å². The summed E-state index contributed by atoms with van der Waals surface area (Å²) in [5.74, 6) is -0.0363. The molecule has 0 bridgehead atoms. The Balaban J connectivity index is 1.35. The molecule has 2 N–H and O–H groups in total. The van der Waals surface area contributed by atoms with Crippen molar-refractivity contribution < 1.29 is 13.9 Å². The molecular formula is C28H22N6O3. The van der Waals surface area contributed by atoms with E-state index in [1.54, 1.807) is 13.3 Å². The molecule has 3 aromatic carbocycles. The number of carbonyl (C=O) groups excluding carboxylic acids is 1. The molecule has 0 saturated heterocycles. The van der Waals surface area contributed by atoms with E-state index in [1.165, 1.54) is 0 Å². The Morgan fingerprint density at radius 1 is 0.973 bits per heavy atom. The lowest BCUT2D eigenvalue weighted by atomic mass is 10.0. The van der Waals surface area contributed by atoms with Gasteiger partial charge in [0.1, 0.15) is 0 Å². The summed E-state index contributed by atoms with van der Waals surface area (Å²) < 4.78 is 11.2. The first-order valence-corrected chi connectivity index (χ1v) is 11.7. The maximum absolute atomic E-state index is 13.1. The summed E-state index contributed by atoms with van der Waals surface area (Å²) in [6, 6.07) is 25.1. The van der Waals surface area contributed by atoms with Crippen LogP contribution < -0.4 is 10.6 Å².